The Morgan fingerprint density at radius 2 is 2.11 bits per heavy atom. The second-order valence-electron chi connectivity index (χ2n) is 7.11. The first-order chi connectivity index (χ1) is 12.9. The standard InChI is InChI=1S/C22H33NO4/c1-4-6-7-8-10-17(3)20(24)15-13-19-14-16-21(25)23(19)18(5-2)11-9-12-22(26)27/h9,12-13,15,17-20,24H,4-6,10-11,14,16H2,1-3H3,(H,26,27)/b12-9-,15-13+/t17-,18?,19-,20+/m0/s1. The SMILES string of the molecule is CCCC#CC[C@H](C)[C@H](O)/C=C/[C@H]1CCC(=O)N1C(CC)C/C=C\C(=O)O. The number of hydrogen-bond acceptors (Lipinski definition) is 3. The molecule has 0 bridgehead atoms. The van der Waals surface area contributed by atoms with Crippen LogP contribution in [0.25, 0.3) is 0 Å². The van der Waals surface area contributed by atoms with Gasteiger partial charge in [0.25, 0.3) is 0 Å². The zero-order chi connectivity index (χ0) is 20.2. The number of nitrogens with zero attached hydrogens (tertiary/aromatic N) is 1. The zero-order valence-corrected chi connectivity index (χ0v) is 16.7. The Bertz CT molecular complexity index is 599. The molecule has 1 unspecified atom stereocenters. The fourth-order valence-corrected chi connectivity index (χ4v) is 3.19. The summed E-state index contributed by atoms with van der Waals surface area (Å²) in [5.74, 6) is 5.35. The van der Waals surface area contributed by atoms with Gasteiger partial charge in [-0.2, -0.15) is 0 Å². The average Bonchev–Trinajstić information content (AvgIpc) is 3.00. The van der Waals surface area contributed by atoms with Gasteiger partial charge in [0.2, 0.25) is 5.91 Å². The van der Waals surface area contributed by atoms with Crippen molar-refractivity contribution >= 4 is 11.9 Å². The van der Waals surface area contributed by atoms with Gasteiger partial charge in [0, 0.05) is 31.4 Å². The molecule has 1 aliphatic heterocycles. The van der Waals surface area contributed by atoms with Crippen LogP contribution in [0.3, 0.4) is 0 Å². The molecule has 2 N–H and O–H groups in total. The van der Waals surface area contributed by atoms with E-state index in [-0.39, 0.29) is 23.9 Å². The first-order valence-electron chi connectivity index (χ1n) is 9.93. The van der Waals surface area contributed by atoms with Gasteiger partial charge in [0.05, 0.1) is 12.1 Å². The third kappa shape index (κ3) is 8.01. The molecule has 5 nitrogen and oxygen atoms in total. The second kappa shape index (κ2) is 12.3. The molecule has 5 heteroatoms. The summed E-state index contributed by atoms with van der Waals surface area (Å²) < 4.78 is 0. The molecule has 0 saturated carbocycles. The topological polar surface area (TPSA) is 77.8 Å². The predicted molar refractivity (Wildman–Crippen MR) is 107 cm³/mol. The van der Waals surface area contributed by atoms with Crippen LogP contribution in [0.4, 0.5) is 0 Å². The molecule has 27 heavy (non-hydrogen) atoms. The van der Waals surface area contributed by atoms with E-state index in [1.54, 1.807) is 12.2 Å². The number of aliphatic hydroxyl groups excluding tert-OH is 1. The van der Waals surface area contributed by atoms with Crippen LogP contribution in [0.1, 0.15) is 65.7 Å². The number of carbonyl (C=O) groups is 2. The fraction of sp³-hybridized carbons (Fsp3) is 0.636. The molecule has 1 aliphatic rings. The van der Waals surface area contributed by atoms with Crippen molar-refractivity contribution in [3.63, 3.8) is 0 Å². The molecule has 1 fully saturated rings. The maximum absolute atomic E-state index is 12.3. The lowest BCUT2D eigenvalue weighted by Gasteiger charge is -2.31. The Labute approximate surface area is 163 Å². The van der Waals surface area contributed by atoms with E-state index in [2.05, 4.69) is 18.8 Å². The van der Waals surface area contributed by atoms with E-state index in [1.807, 2.05) is 24.8 Å². The molecular formula is C22H33NO4. The summed E-state index contributed by atoms with van der Waals surface area (Å²) in [6, 6.07) is -0.0755. The van der Waals surface area contributed by atoms with Crippen molar-refractivity contribution in [2.45, 2.75) is 83.9 Å². The number of likely N-dealkylation sites (tertiary alicyclic amines) is 1. The largest absolute Gasteiger partial charge is 0.478 e. The molecule has 4 atom stereocenters. The average molecular weight is 376 g/mol. The van der Waals surface area contributed by atoms with Crippen LogP contribution in [0.5, 0.6) is 0 Å². The Balaban J connectivity index is 2.70. The highest BCUT2D eigenvalue weighted by molar-refractivity contribution is 5.80. The molecule has 1 amide bonds. The number of unbranched alkanes of at least 4 members (excludes halogenated alkanes) is 1. The van der Waals surface area contributed by atoms with Crippen molar-refractivity contribution in [3.8, 4) is 11.8 Å². The van der Waals surface area contributed by atoms with Crippen LogP contribution < -0.4 is 0 Å². The molecule has 0 aromatic rings. The predicted octanol–water partition coefficient (Wildman–Crippen LogP) is 3.53. The van der Waals surface area contributed by atoms with E-state index >= 15 is 0 Å². The minimum Gasteiger partial charge on any atom is -0.478 e. The van der Waals surface area contributed by atoms with Crippen molar-refractivity contribution in [1.29, 1.82) is 0 Å². The Morgan fingerprint density at radius 3 is 2.74 bits per heavy atom. The quantitative estimate of drug-likeness (QED) is 0.348. The normalized spacial score (nSPS) is 20.7. The summed E-state index contributed by atoms with van der Waals surface area (Å²) in [6.45, 7) is 6.06. The van der Waals surface area contributed by atoms with Crippen molar-refractivity contribution < 1.29 is 19.8 Å². The first-order valence-corrected chi connectivity index (χ1v) is 9.93. The minimum absolute atomic E-state index is 0.0280. The van der Waals surface area contributed by atoms with Gasteiger partial charge in [-0.15, -0.1) is 11.8 Å². The van der Waals surface area contributed by atoms with E-state index in [1.165, 1.54) is 0 Å². The van der Waals surface area contributed by atoms with Gasteiger partial charge < -0.3 is 15.1 Å². The van der Waals surface area contributed by atoms with E-state index in [4.69, 9.17) is 5.11 Å². The molecule has 0 radical (unpaired) electrons. The van der Waals surface area contributed by atoms with Gasteiger partial charge >= 0.3 is 5.97 Å². The number of carboxylic acids is 1. The summed E-state index contributed by atoms with van der Waals surface area (Å²) in [4.78, 5) is 24.8. The van der Waals surface area contributed by atoms with Crippen LogP contribution in [0.2, 0.25) is 0 Å². The van der Waals surface area contributed by atoms with Gasteiger partial charge in [0.1, 0.15) is 0 Å². The van der Waals surface area contributed by atoms with Gasteiger partial charge in [-0.1, -0.05) is 39.0 Å². The number of rotatable bonds is 10. The highest BCUT2D eigenvalue weighted by Gasteiger charge is 2.33. The minimum atomic E-state index is -0.979. The molecule has 0 aromatic heterocycles. The molecule has 0 aromatic carbocycles. The van der Waals surface area contributed by atoms with Crippen molar-refractivity contribution in [2.24, 2.45) is 5.92 Å². The highest BCUT2D eigenvalue weighted by Crippen LogP contribution is 2.26. The summed E-state index contributed by atoms with van der Waals surface area (Å²) in [7, 11) is 0. The molecule has 0 spiro atoms. The maximum Gasteiger partial charge on any atom is 0.327 e. The fourth-order valence-electron chi connectivity index (χ4n) is 3.19. The van der Waals surface area contributed by atoms with Gasteiger partial charge in [-0.05, 0) is 31.6 Å². The van der Waals surface area contributed by atoms with Crippen LogP contribution in [0, 0.1) is 17.8 Å². The van der Waals surface area contributed by atoms with E-state index in [0.29, 0.717) is 19.3 Å². The van der Waals surface area contributed by atoms with E-state index in [9.17, 15) is 14.7 Å². The number of amides is 1. The summed E-state index contributed by atoms with van der Waals surface area (Å²) >= 11 is 0. The van der Waals surface area contributed by atoms with Crippen LogP contribution in [-0.2, 0) is 9.59 Å². The Hall–Kier alpha value is -2.06. The molecule has 1 heterocycles. The Morgan fingerprint density at radius 1 is 1.37 bits per heavy atom. The van der Waals surface area contributed by atoms with Crippen molar-refractivity contribution in [1.82, 2.24) is 4.90 Å². The molecule has 150 valence electrons. The van der Waals surface area contributed by atoms with Crippen LogP contribution in [-0.4, -0.2) is 45.2 Å². The molecule has 1 rings (SSSR count). The van der Waals surface area contributed by atoms with Crippen LogP contribution in [0.15, 0.2) is 24.3 Å². The summed E-state index contributed by atoms with van der Waals surface area (Å²) in [6.07, 6.45) is 10.9. The lowest BCUT2D eigenvalue weighted by atomic mass is 9.99. The number of aliphatic carboxylic acids is 1. The van der Waals surface area contributed by atoms with Gasteiger partial charge in [0.15, 0.2) is 0 Å². The van der Waals surface area contributed by atoms with Gasteiger partial charge in [-0.3, -0.25) is 4.79 Å². The lowest BCUT2D eigenvalue weighted by Crippen LogP contribution is -2.40. The summed E-state index contributed by atoms with van der Waals surface area (Å²) in [5.41, 5.74) is 0. The molecule has 0 aliphatic carbocycles. The second-order valence-corrected chi connectivity index (χ2v) is 7.11. The van der Waals surface area contributed by atoms with Crippen molar-refractivity contribution in [2.75, 3.05) is 0 Å². The molecule has 1 saturated heterocycles. The third-order valence-corrected chi connectivity index (χ3v) is 4.87. The molecular weight excluding hydrogens is 342 g/mol. The number of aliphatic hydroxyl groups is 1. The van der Waals surface area contributed by atoms with Crippen molar-refractivity contribution in [3.05, 3.63) is 24.3 Å². The van der Waals surface area contributed by atoms with E-state index in [0.717, 1.165) is 31.8 Å². The number of hydrogen-bond donors (Lipinski definition) is 2. The monoisotopic (exact) mass is 375 g/mol. The number of carbonyl (C=O) groups excluding carboxylic acids is 1. The summed E-state index contributed by atoms with van der Waals surface area (Å²) in [5, 5.41) is 19.1. The highest BCUT2D eigenvalue weighted by atomic mass is 16.4. The third-order valence-electron chi connectivity index (χ3n) is 4.87. The maximum atomic E-state index is 12.3. The van der Waals surface area contributed by atoms with Gasteiger partial charge in [-0.25, -0.2) is 4.79 Å². The Kier molecular flexibility index (Phi) is 10.5. The van der Waals surface area contributed by atoms with E-state index < -0.39 is 12.1 Å². The smallest absolute Gasteiger partial charge is 0.327 e. The first kappa shape index (κ1) is 23.0. The number of carboxylic acid groups (broad SMARTS) is 1. The van der Waals surface area contributed by atoms with Crippen LogP contribution >= 0.6 is 0 Å². The zero-order valence-electron chi connectivity index (χ0n) is 16.7. The lowest BCUT2D eigenvalue weighted by molar-refractivity contribution is -0.131.